The van der Waals surface area contributed by atoms with E-state index in [0.29, 0.717) is 0 Å². The SMILES string of the molecule is CC(=O)C(O)CO.[In]. The van der Waals surface area contributed by atoms with Gasteiger partial charge in [-0.1, -0.05) is 0 Å². The van der Waals surface area contributed by atoms with Gasteiger partial charge in [0, 0.05) is 25.8 Å². The zero-order valence-corrected chi connectivity index (χ0v) is 7.96. The van der Waals surface area contributed by atoms with Crippen LogP contribution in [0.25, 0.3) is 0 Å². The monoisotopic (exact) mass is 219 g/mol. The molecular weight excluding hydrogens is 211 g/mol. The molecule has 0 rings (SSSR count). The number of ketones is 1. The Hall–Kier alpha value is 0.460. The van der Waals surface area contributed by atoms with E-state index >= 15 is 0 Å². The molecule has 2 N–H and O–H groups in total. The van der Waals surface area contributed by atoms with Gasteiger partial charge in [0.25, 0.3) is 0 Å². The zero-order valence-electron chi connectivity index (χ0n) is 4.66. The Labute approximate surface area is 66.5 Å². The van der Waals surface area contributed by atoms with Gasteiger partial charge in [-0.25, -0.2) is 0 Å². The van der Waals surface area contributed by atoms with Gasteiger partial charge in [0.15, 0.2) is 5.78 Å². The third kappa shape index (κ3) is 4.61. The Balaban J connectivity index is 0. The van der Waals surface area contributed by atoms with Crippen LogP contribution in [-0.4, -0.2) is 54.6 Å². The summed E-state index contributed by atoms with van der Waals surface area (Å²) in [6.45, 7) is 0.746. The molecule has 0 saturated carbocycles. The Bertz CT molecular complexity index is 73.7. The maximum atomic E-state index is 9.96. The van der Waals surface area contributed by atoms with Crippen molar-refractivity contribution in [1.29, 1.82) is 0 Å². The molecule has 0 amide bonds. The Morgan fingerprint density at radius 1 is 1.75 bits per heavy atom. The van der Waals surface area contributed by atoms with Crippen molar-refractivity contribution < 1.29 is 15.0 Å². The predicted octanol–water partition coefficient (Wildman–Crippen LogP) is -1.45. The fourth-order valence-electron chi connectivity index (χ4n) is 0.129. The second-order valence-corrected chi connectivity index (χ2v) is 1.31. The second kappa shape index (κ2) is 5.59. The zero-order chi connectivity index (χ0) is 5.86. The average molecular weight is 219 g/mol. The van der Waals surface area contributed by atoms with E-state index in [1.165, 1.54) is 6.92 Å². The van der Waals surface area contributed by atoms with Gasteiger partial charge in [-0.05, 0) is 6.92 Å². The molecular formula is C4H8InO3. The van der Waals surface area contributed by atoms with Crippen molar-refractivity contribution in [1.82, 2.24) is 0 Å². The molecule has 1 unspecified atom stereocenters. The van der Waals surface area contributed by atoms with E-state index in [-0.39, 0.29) is 25.8 Å². The smallest absolute Gasteiger partial charge is 0.160 e. The van der Waals surface area contributed by atoms with Crippen LogP contribution in [0.15, 0.2) is 0 Å². The topological polar surface area (TPSA) is 57.5 Å². The van der Waals surface area contributed by atoms with Crippen LogP contribution in [0.3, 0.4) is 0 Å². The number of hydrogen-bond donors (Lipinski definition) is 2. The van der Waals surface area contributed by atoms with Crippen molar-refractivity contribution in [2.24, 2.45) is 0 Å². The molecule has 45 valence electrons. The van der Waals surface area contributed by atoms with Crippen molar-refractivity contribution in [3.63, 3.8) is 0 Å². The summed E-state index contributed by atoms with van der Waals surface area (Å²) in [4.78, 5) is 9.96. The normalized spacial score (nSPS) is 11.9. The minimum absolute atomic E-state index is 0. The molecule has 0 aromatic carbocycles. The molecule has 0 spiro atoms. The van der Waals surface area contributed by atoms with E-state index in [2.05, 4.69) is 0 Å². The average Bonchev–Trinajstić information content (AvgIpc) is 1.65. The summed E-state index contributed by atoms with van der Waals surface area (Å²) in [5.74, 6) is -0.400. The molecule has 3 nitrogen and oxygen atoms in total. The standard InChI is InChI=1S/C4H8O3.In/c1-3(6)4(7)2-5;/h4-5,7H,2H2,1H3;. The van der Waals surface area contributed by atoms with Crippen molar-refractivity contribution in [2.75, 3.05) is 6.61 Å². The predicted molar refractivity (Wildman–Crippen MR) is 29.5 cm³/mol. The molecule has 1 atom stereocenters. The maximum absolute atomic E-state index is 9.96. The maximum Gasteiger partial charge on any atom is 0.160 e. The van der Waals surface area contributed by atoms with Gasteiger partial charge >= 0.3 is 0 Å². The molecule has 0 bridgehead atoms. The first kappa shape index (κ1) is 11.3. The molecule has 0 saturated heterocycles. The van der Waals surface area contributed by atoms with Crippen LogP contribution >= 0.6 is 0 Å². The third-order valence-electron chi connectivity index (χ3n) is 0.642. The van der Waals surface area contributed by atoms with Gasteiger partial charge in [-0.2, -0.15) is 0 Å². The quantitative estimate of drug-likeness (QED) is 0.597. The van der Waals surface area contributed by atoms with E-state index in [4.69, 9.17) is 10.2 Å². The van der Waals surface area contributed by atoms with Gasteiger partial charge in [0.2, 0.25) is 0 Å². The molecule has 0 aliphatic rings. The van der Waals surface area contributed by atoms with Crippen LogP contribution in [0, 0.1) is 0 Å². The van der Waals surface area contributed by atoms with Crippen molar-refractivity contribution >= 4 is 31.6 Å². The first-order valence-electron chi connectivity index (χ1n) is 1.98. The summed E-state index contributed by atoms with van der Waals surface area (Å²) in [6.07, 6.45) is -1.18. The number of carbonyl (C=O) groups excluding carboxylic acids is 1. The molecule has 0 aromatic heterocycles. The summed E-state index contributed by atoms with van der Waals surface area (Å²) < 4.78 is 0. The number of Topliss-reactive ketones (excluding diaryl/α,β-unsaturated/α-hetero) is 1. The van der Waals surface area contributed by atoms with Crippen LogP contribution in [0.4, 0.5) is 0 Å². The summed E-state index contributed by atoms with van der Waals surface area (Å²) >= 11 is 0. The van der Waals surface area contributed by atoms with Crippen LogP contribution in [0.2, 0.25) is 0 Å². The molecule has 0 aromatic rings. The van der Waals surface area contributed by atoms with Gasteiger partial charge in [0.1, 0.15) is 6.10 Å². The Morgan fingerprint density at radius 2 is 2.12 bits per heavy atom. The summed E-state index contributed by atoms with van der Waals surface area (Å²) in [5.41, 5.74) is 0. The second-order valence-electron chi connectivity index (χ2n) is 1.31. The Kier molecular flexibility index (Phi) is 7.89. The fourth-order valence-corrected chi connectivity index (χ4v) is 0.129. The number of rotatable bonds is 2. The fraction of sp³-hybridized carbons (Fsp3) is 0.750. The number of hydrogen-bond acceptors (Lipinski definition) is 3. The van der Waals surface area contributed by atoms with Crippen molar-refractivity contribution in [2.45, 2.75) is 13.0 Å². The summed E-state index contributed by atoms with van der Waals surface area (Å²) in [5, 5.41) is 16.4. The Morgan fingerprint density at radius 3 is 2.12 bits per heavy atom. The summed E-state index contributed by atoms with van der Waals surface area (Å²) in [6, 6.07) is 0. The van der Waals surface area contributed by atoms with Gasteiger partial charge in [0.05, 0.1) is 6.61 Å². The van der Waals surface area contributed by atoms with Gasteiger partial charge in [-0.15, -0.1) is 0 Å². The first-order chi connectivity index (χ1) is 3.18. The van der Waals surface area contributed by atoms with Crippen LogP contribution < -0.4 is 0 Å². The van der Waals surface area contributed by atoms with E-state index in [0.717, 1.165) is 0 Å². The van der Waals surface area contributed by atoms with Crippen LogP contribution in [0.5, 0.6) is 0 Å². The molecule has 4 heteroatoms. The van der Waals surface area contributed by atoms with E-state index in [1.54, 1.807) is 0 Å². The minimum Gasteiger partial charge on any atom is -0.393 e. The van der Waals surface area contributed by atoms with E-state index in [9.17, 15) is 4.79 Å². The van der Waals surface area contributed by atoms with E-state index < -0.39 is 18.5 Å². The van der Waals surface area contributed by atoms with Crippen molar-refractivity contribution in [3.05, 3.63) is 0 Å². The third-order valence-corrected chi connectivity index (χ3v) is 0.642. The van der Waals surface area contributed by atoms with Crippen molar-refractivity contribution in [3.8, 4) is 0 Å². The molecule has 3 radical (unpaired) electrons. The largest absolute Gasteiger partial charge is 0.393 e. The van der Waals surface area contributed by atoms with E-state index in [1.807, 2.05) is 0 Å². The van der Waals surface area contributed by atoms with Crippen LogP contribution in [-0.2, 0) is 4.79 Å². The van der Waals surface area contributed by atoms with Gasteiger partial charge < -0.3 is 10.2 Å². The number of aliphatic hydroxyl groups excluding tert-OH is 2. The van der Waals surface area contributed by atoms with Gasteiger partial charge in [-0.3, -0.25) is 4.79 Å². The number of aliphatic hydroxyl groups is 2. The molecule has 0 fully saturated rings. The minimum atomic E-state index is -1.18. The number of carbonyl (C=O) groups is 1. The molecule has 8 heavy (non-hydrogen) atoms. The van der Waals surface area contributed by atoms with Crippen LogP contribution in [0.1, 0.15) is 6.92 Å². The molecule has 0 aliphatic heterocycles. The first-order valence-corrected chi connectivity index (χ1v) is 1.98. The summed E-state index contributed by atoms with van der Waals surface area (Å²) in [7, 11) is 0. The molecule has 0 aliphatic carbocycles. The molecule has 0 heterocycles.